The zero-order chi connectivity index (χ0) is 9.90. The Kier molecular flexibility index (Phi) is 3.71. The molecule has 1 fully saturated rings. The number of hydrogen-bond donors (Lipinski definition) is 1. The van der Waals surface area contributed by atoms with Crippen LogP contribution in [0.25, 0.3) is 0 Å². The van der Waals surface area contributed by atoms with Crippen LogP contribution in [0.15, 0.2) is 0 Å². The summed E-state index contributed by atoms with van der Waals surface area (Å²) in [5.74, 6) is 0.317. The highest BCUT2D eigenvalue weighted by molar-refractivity contribution is 4.88. The van der Waals surface area contributed by atoms with Gasteiger partial charge in [-0.2, -0.15) is 0 Å². The van der Waals surface area contributed by atoms with Gasteiger partial charge in [-0.25, -0.2) is 0 Å². The van der Waals surface area contributed by atoms with Gasteiger partial charge in [-0.1, -0.05) is 12.8 Å². The highest BCUT2D eigenvalue weighted by atomic mass is 16.7. The molecule has 0 spiro atoms. The fourth-order valence-electron chi connectivity index (χ4n) is 2.28. The Morgan fingerprint density at radius 2 is 1.69 bits per heavy atom. The van der Waals surface area contributed by atoms with Crippen LogP contribution in [-0.2, 0) is 9.47 Å². The Morgan fingerprint density at radius 3 is 2.08 bits per heavy atom. The van der Waals surface area contributed by atoms with E-state index in [0.717, 1.165) is 12.8 Å². The van der Waals surface area contributed by atoms with E-state index in [2.05, 4.69) is 0 Å². The molecule has 1 aliphatic rings. The van der Waals surface area contributed by atoms with E-state index < -0.39 is 11.9 Å². The normalized spacial score (nSPS) is 23.8. The molecule has 1 aliphatic carbocycles. The smallest absolute Gasteiger partial charge is 0.185 e. The maximum atomic E-state index is 10.2. The quantitative estimate of drug-likeness (QED) is 0.680. The van der Waals surface area contributed by atoms with E-state index in [-0.39, 0.29) is 0 Å². The summed E-state index contributed by atoms with van der Waals surface area (Å²) >= 11 is 0. The second-order valence-electron chi connectivity index (χ2n) is 4.01. The third-order valence-electron chi connectivity index (χ3n) is 3.09. The molecular weight excluding hydrogens is 168 g/mol. The molecule has 0 aromatic carbocycles. The van der Waals surface area contributed by atoms with Gasteiger partial charge in [0.15, 0.2) is 6.29 Å². The molecule has 1 rings (SSSR count). The summed E-state index contributed by atoms with van der Waals surface area (Å²) in [7, 11) is 3.13. The van der Waals surface area contributed by atoms with Crippen molar-refractivity contribution in [1.29, 1.82) is 0 Å². The Balaban J connectivity index is 2.60. The minimum atomic E-state index is -0.847. The Morgan fingerprint density at radius 1 is 1.23 bits per heavy atom. The third kappa shape index (κ3) is 2.22. The van der Waals surface area contributed by atoms with E-state index in [4.69, 9.17) is 9.47 Å². The van der Waals surface area contributed by atoms with Crippen molar-refractivity contribution >= 4 is 0 Å². The average Bonchev–Trinajstić information content (AvgIpc) is 2.58. The Labute approximate surface area is 80.0 Å². The number of aliphatic hydroxyl groups is 1. The van der Waals surface area contributed by atoms with Gasteiger partial charge in [0, 0.05) is 14.2 Å². The first kappa shape index (κ1) is 11.0. The van der Waals surface area contributed by atoms with Crippen molar-refractivity contribution in [2.24, 2.45) is 5.92 Å². The van der Waals surface area contributed by atoms with Crippen molar-refractivity contribution in [1.82, 2.24) is 0 Å². The molecule has 1 saturated carbocycles. The molecule has 78 valence electrons. The molecule has 1 unspecified atom stereocenters. The van der Waals surface area contributed by atoms with Gasteiger partial charge < -0.3 is 14.6 Å². The first-order valence-electron chi connectivity index (χ1n) is 4.91. The molecule has 0 saturated heterocycles. The SMILES string of the molecule is COC(OC)C(C)(O)C1CCCC1. The van der Waals surface area contributed by atoms with E-state index in [1.54, 1.807) is 21.1 Å². The summed E-state index contributed by atoms with van der Waals surface area (Å²) in [6, 6.07) is 0. The standard InChI is InChI=1S/C10H20O3/c1-10(11,9(12-2)13-3)8-6-4-5-7-8/h8-9,11H,4-7H2,1-3H3. The zero-order valence-electron chi connectivity index (χ0n) is 8.75. The summed E-state index contributed by atoms with van der Waals surface area (Å²) in [6.45, 7) is 1.81. The minimum Gasteiger partial charge on any atom is -0.385 e. The van der Waals surface area contributed by atoms with Gasteiger partial charge in [-0.05, 0) is 25.7 Å². The van der Waals surface area contributed by atoms with Crippen molar-refractivity contribution in [3.8, 4) is 0 Å². The molecule has 13 heavy (non-hydrogen) atoms. The summed E-state index contributed by atoms with van der Waals surface area (Å²) < 4.78 is 10.2. The minimum absolute atomic E-state index is 0.317. The molecule has 0 amide bonds. The van der Waals surface area contributed by atoms with Gasteiger partial charge in [0.1, 0.15) is 5.60 Å². The third-order valence-corrected chi connectivity index (χ3v) is 3.09. The fraction of sp³-hybridized carbons (Fsp3) is 1.00. The van der Waals surface area contributed by atoms with E-state index in [1.165, 1.54) is 12.8 Å². The van der Waals surface area contributed by atoms with E-state index in [9.17, 15) is 5.11 Å². The molecule has 0 heterocycles. The summed E-state index contributed by atoms with van der Waals surface area (Å²) in [4.78, 5) is 0. The molecule has 3 nitrogen and oxygen atoms in total. The van der Waals surface area contributed by atoms with Crippen molar-refractivity contribution in [3.05, 3.63) is 0 Å². The average molecular weight is 188 g/mol. The monoisotopic (exact) mass is 188 g/mol. The molecule has 0 bridgehead atoms. The molecule has 0 aromatic heterocycles. The number of ether oxygens (including phenoxy) is 2. The van der Waals surface area contributed by atoms with Crippen molar-refractivity contribution in [2.45, 2.75) is 44.5 Å². The lowest BCUT2D eigenvalue weighted by Gasteiger charge is -2.35. The fourth-order valence-corrected chi connectivity index (χ4v) is 2.28. The van der Waals surface area contributed by atoms with E-state index in [0.29, 0.717) is 5.92 Å². The van der Waals surface area contributed by atoms with E-state index in [1.807, 2.05) is 0 Å². The maximum absolute atomic E-state index is 10.2. The van der Waals surface area contributed by atoms with Crippen LogP contribution in [0.1, 0.15) is 32.6 Å². The lowest BCUT2D eigenvalue weighted by molar-refractivity contribution is -0.226. The molecule has 1 N–H and O–H groups in total. The maximum Gasteiger partial charge on any atom is 0.185 e. The van der Waals surface area contributed by atoms with Crippen LogP contribution in [0.5, 0.6) is 0 Å². The molecule has 1 atom stereocenters. The lowest BCUT2D eigenvalue weighted by atomic mass is 9.87. The van der Waals surface area contributed by atoms with Gasteiger partial charge in [-0.15, -0.1) is 0 Å². The summed E-state index contributed by atoms with van der Waals surface area (Å²) in [5.41, 5.74) is -0.847. The second-order valence-corrected chi connectivity index (χ2v) is 4.01. The molecule has 0 aliphatic heterocycles. The van der Waals surface area contributed by atoms with Crippen molar-refractivity contribution < 1.29 is 14.6 Å². The molecule has 0 aromatic rings. The zero-order valence-corrected chi connectivity index (χ0v) is 8.75. The molecule has 0 radical (unpaired) electrons. The van der Waals surface area contributed by atoms with Gasteiger partial charge in [0.25, 0.3) is 0 Å². The van der Waals surface area contributed by atoms with Crippen molar-refractivity contribution in [2.75, 3.05) is 14.2 Å². The van der Waals surface area contributed by atoms with Gasteiger partial charge in [0.2, 0.25) is 0 Å². The summed E-state index contributed by atoms with van der Waals surface area (Å²) in [6.07, 6.45) is 4.07. The van der Waals surface area contributed by atoms with Crippen LogP contribution in [0.4, 0.5) is 0 Å². The number of rotatable bonds is 4. The Hall–Kier alpha value is -0.120. The largest absolute Gasteiger partial charge is 0.385 e. The van der Waals surface area contributed by atoms with Crippen LogP contribution in [0.2, 0.25) is 0 Å². The van der Waals surface area contributed by atoms with Gasteiger partial charge in [0.05, 0.1) is 0 Å². The second kappa shape index (κ2) is 4.40. The van der Waals surface area contributed by atoms with Gasteiger partial charge in [-0.3, -0.25) is 0 Å². The van der Waals surface area contributed by atoms with Crippen molar-refractivity contribution in [3.63, 3.8) is 0 Å². The number of hydrogen-bond acceptors (Lipinski definition) is 3. The predicted octanol–water partition coefficient (Wildman–Crippen LogP) is 1.55. The van der Waals surface area contributed by atoms with Crippen LogP contribution in [-0.4, -0.2) is 31.2 Å². The van der Waals surface area contributed by atoms with Gasteiger partial charge >= 0.3 is 0 Å². The molecular formula is C10H20O3. The molecule has 3 heteroatoms. The van der Waals surface area contributed by atoms with E-state index >= 15 is 0 Å². The number of methoxy groups -OCH3 is 2. The van der Waals surface area contributed by atoms with Crippen LogP contribution in [0, 0.1) is 5.92 Å². The van der Waals surface area contributed by atoms with Crippen LogP contribution in [0.3, 0.4) is 0 Å². The first-order valence-corrected chi connectivity index (χ1v) is 4.91. The predicted molar refractivity (Wildman–Crippen MR) is 50.4 cm³/mol. The highest BCUT2D eigenvalue weighted by Gasteiger charge is 2.41. The Bertz CT molecular complexity index is 142. The van der Waals surface area contributed by atoms with Crippen LogP contribution < -0.4 is 0 Å². The lowest BCUT2D eigenvalue weighted by Crippen LogP contribution is -2.47. The highest BCUT2D eigenvalue weighted by Crippen LogP contribution is 2.36. The van der Waals surface area contributed by atoms with Crippen LogP contribution >= 0.6 is 0 Å². The first-order chi connectivity index (χ1) is 6.12. The summed E-state index contributed by atoms with van der Waals surface area (Å²) in [5, 5.41) is 10.2. The topological polar surface area (TPSA) is 38.7 Å².